The second-order valence-electron chi connectivity index (χ2n) is 8.23. The molecule has 4 aromatic rings. The standard InChI is InChI=1S/C25H25N3O8S2.Na/c1-13-11-26-17(14(2)22(13)36-5)12-37(31)25-27-16-7-9-19(35-4)23(21(16)28-25)38(32,33)20-10-15(24(29)30)6-8-18(20)34-3;/h6-11H,12H2,1-5H3,(H,27,28)(H,29,30);/q;+1/p-1. The molecule has 4 rings (SSSR count). The first-order valence-electron chi connectivity index (χ1n) is 11.1. The number of pyridine rings is 1. The molecule has 0 bridgehead atoms. The smallest absolute Gasteiger partial charge is 0.609 e. The molecule has 0 radical (unpaired) electrons. The number of hydrogen-bond acceptors (Lipinski definition) is 10. The summed E-state index contributed by atoms with van der Waals surface area (Å²) in [5.74, 6) is -1.03. The third kappa shape index (κ3) is 5.74. The summed E-state index contributed by atoms with van der Waals surface area (Å²) < 4.78 is 57.0. The molecule has 2 heterocycles. The molecule has 0 saturated heterocycles. The van der Waals surface area contributed by atoms with Crippen LogP contribution in [0.25, 0.3) is 11.0 Å². The second-order valence-corrected chi connectivity index (χ2v) is 11.4. The summed E-state index contributed by atoms with van der Waals surface area (Å²) in [5, 5.41) is 11.5. The van der Waals surface area contributed by atoms with Gasteiger partial charge in [-0.25, -0.2) is 8.42 Å². The molecule has 39 heavy (non-hydrogen) atoms. The predicted octanol–water partition coefficient (Wildman–Crippen LogP) is -0.891. The zero-order valence-electron chi connectivity index (χ0n) is 22.1. The van der Waals surface area contributed by atoms with E-state index in [0.29, 0.717) is 11.4 Å². The molecule has 0 amide bonds. The number of benzene rings is 2. The van der Waals surface area contributed by atoms with Crippen molar-refractivity contribution in [3.05, 3.63) is 58.9 Å². The van der Waals surface area contributed by atoms with Crippen LogP contribution in [0.1, 0.15) is 27.2 Å². The normalized spacial score (nSPS) is 12.1. The van der Waals surface area contributed by atoms with E-state index in [1.54, 1.807) is 19.4 Å². The van der Waals surface area contributed by atoms with E-state index in [4.69, 9.17) is 14.2 Å². The number of carbonyl (C=O) groups excluding carboxylic acids is 1. The van der Waals surface area contributed by atoms with Crippen molar-refractivity contribution in [3.8, 4) is 17.2 Å². The zero-order chi connectivity index (χ0) is 27.8. The molecule has 1 unspecified atom stereocenters. The third-order valence-corrected chi connectivity index (χ3v) is 8.95. The molecular formula is C25H24N3NaO8S2. The van der Waals surface area contributed by atoms with Crippen LogP contribution < -0.4 is 48.9 Å². The number of carboxylic acid groups (broad SMARTS) is 1. The van der Waals surface area contributed by atoms with Gasteiger partial charge in [-0.2, -0.15) is 4.98 Å². The summed E-state index contributed by atoms with van der Waals surface area (Å²) in [6.07, 6.45) is 1.63. The molecule has 1 N–H and O–H groups in total. The van der Waals surface area contributed by atoms with Gasteiger partial charge in [0.15, 0.2) is 5.75 Å². The van der Waals surface area contributed by atoms with E-state index >= 15 is 0 Å². The number of aromatic carboxylic acids is 1. The predicted molar refractivity (Wildman–Crippen MR) is 136 cm³/mol. The van der Waals surface area contributed by atoms with Crippen LogP contribution in [0, 0.1) is 13.8 Å². The number of rotatable bonds is 9. The van der Waals surface area contributed by atoms with E-state index in [0.717, 1.165) is 17.2 Å². The number of aromatic nitrogens is 3. The van der Waals surface area contributed by atoms with Crippen LogP contribution in [0.4, 0.5) is 0 Å². The first-order chi connectivity index (χ1) is 18.0. The van der Waals surface area contributed by atoms with Crippen molar-refractivity contribution in [2.75, 3.05) is 21.3 Å². The van der Waals surface area contributed by atoms with E-state index in [1.807, 2.05) is 13.8 Å². The van der Waals surface area contributed by atoms with Gasteiger partial charge in [-0.1, -0.05) is 0 Å². The summed E-state index contributed by atoms with van der Waals surface area (Å²) >= 11 is -1.73. The first kappa shape index (κ1) is 30.7. The fourth-order valence-corrected chi connectivity index (χ4v) is 6.91. The quantitative estimate of drug-likeness (QED) is 0.193. The molecular weight excluding hydrogens is 557 g/mol. The van der Waals surface area contributed by atoms with Gasteiger partial charge < -0.3 is 28.7 Å². The van der Waals surface area contributed by atoms with Crippen LogP contribution >= 0.6 is 0 Å². The molecule has 200 valence electrons. The Hall–Kier alpha value is -2.81. The molecule has 2 aromatic heterocycles. The summed E-state index contributed by atoms with van der Waals surface area (Å²) in [6, 6.07) is 6.32. The number of H-pyrrole nitrogens is 1. The Kier molecular flexibility index (Phi) is 9.57. The monoisotopic (exact) mass is 581 g/mol. The summed E-state index contributed by atoms with van der Waals surface area (Å²) in [7, 11) is -0.354. The van der Waals surface area contributed by atoms with Gasteiger partial charge in [0.25, 0.3) is 0 Å². The van der Waals surface area contributed by atoms with Crippen LogP contribution in [-0.4, -0.2) is 55.2 Å². The van der Waals surface area contributed by atoms with Gasteiger partial charge in [-0.05, 0) is 49.7 Å². The minimum absolute atomic E-state index is 0. The molecule has 0 aliphatic carbocycles. The maximum Gasteiger partial charge on any atom is 1.00 e. The molecule has 0 saturated carbocycles. The molecule has 0 aliphatic heterocycles. The van der Waals surface area contributed by atoms with E-state index in [9.17, 15) is 22.9 Å². The molecule has 1 atom stereocenters. The van der Waals surface area contributed by atoms with Crippen LogP contribution in [-0.2, 0) is 26.8 Å². The number of carboxylic acids is 1. The average Bonchev–Trinajstić information content (AvgIpc) is 3.33. The Morgan fingerprint density at radius 3 is 2.33 bits per heavy atom. The van der Waals surface area contributed by atoms with E-state index < -0.39 is 31.9 Å². The summed E-state index contributed by atoms with van der Waals surface area (Å²) in [5.41, 5.74) is 2.02. The van der Waals surface area contributed by atoms with Crippen molar-refractivity contribution >= 4 is 38.0 Å². The van der Waals surface area contributed by atoms with Crippen molar-refractivity contribution < 1.29 is 66.6 Å². The van der Waals surface area contributed by atoms with Crippen LogP contribution in [0.3, 0.4) is 0 Å². The largest absolute Gasteiger partial charge is 1.00 e. The number of methoxy groups -OCH3 is 3. The number of imidazole rings is 1. The number of aryl methyl sites for hydroxylation is 1. The van der Waals surface area contributed by atoms with Gasteiger partial charge in [0.2, 0.25) is 9.84 Å². The fraction of sp³-hybridized carbons (Fsp3) is 0.240. The summed E-state index contributed by atoms with van der Waals surface area (Å²) in [4.78, 5) is 22.3. The van der Waals surface area contributed by atoms with E-state index in [1.165, 1.54) is 32.4 Å². The number of fused-ring (bicyclic) bond motifs is 1. The van der Waals surface area contributed by atoms with Gasteiger partial charge in [-0.3, -0.25) is 9.97 Å². The number of sulfone groups is 1. The van der Waals surface area contributed by atoms with Crippen molar-refractivity contribution in [3.63, 3.8) is 0 Å². The molecule has 0 spiro atoms. The van der Waals surface area contributed by atoms with Gasteiger partial charge >= 0.3 is 34.7 Å². The molecule has 2 aromatic carbocycles. The molecule has 0 aliphatic rings. The number of hydrogen-bond donors (Lipinski definition) is 1. The fourth-order valence-electron chi connectivity index (χ4n) is 4.07. The van der Waals surface area contributed by atoms with Gasteiger partial charge in [-0.15, -0.1) is 0 Å². The van der Waals surface area contributed by atoms with Crippen LogP contribution in [0.5, 0.6) is 17.2 Å². The van der Waals surface area contributed by atoms with E-state index in [2.05, 4.69) is 15.0 Å². The Morgan fingerprint density at radius 2 is 1.72 bits per heavy atom. The minimum atomic E-state index is -4.45. The number of nitrogens with one attached hydrogen (secondary N) is 1. The second kappa shape index (κ2) is 12.1. The number of aromatic amines is 1. The van der Waals surface area contributed by atoms with Crippen molar-refractivity contribution in [2.24, 2.45) is 0 Å². The topological polar surface area (TPSA) is 167 Å². The Morgan fingerprint density at radius 1 is 1.05 bits per heavy atom. The van der Waals surface area contributed by atoms with Crippen molar-refractivity contribution in [1.29, 1.82) is 0 Å². The first-order valence-corrected chi connectivity index (χ1v) is 13.9. The van der Waals surface area contributed by atoms with Crippen LogP contribution in [0.15, 0.2) is 51.5 Å². The van der Waals surface area contributed by atoms with Crippen molar-refractivity contribution in [2.45, 2.75) is 34.5 Å². The number of carbonyl (C=O) groups is 1. The SMILES string of the molecule is COc1ccc(C(=O)[O-])cc1S(=O)(=O)c1c(OC)ccc2[nH]c([S+]([O-])Cc3ncc(C)c(OC)c3C)nc12.[Na+]. The van der Waals surface area contributed by atoms with Crippen molar-refractivity contribution in [1.82, 2.24) is 15.0 Å². The summed E-state index contributed by atoms with van der Waals surface area (Å²) in [6.45, 7) is 3.67. The molecule has 0 fully saturated rings. The maximum absolute atomic E-state index is 13.9. The molecule has 11 nitrogen and oxygen atoms in total. The minimum Gasteiger partial charge on any atom is -0.609 e. The van der Waals surface area contributed by atoms with Gasteiger partial charge in [0.05, 0.1) is 38.5 Å². The maximum atomic E-state index is 13.9. The third-order valence-electron chi connectivity index (χ3n) is 5.96. The Labute approximate surface area is 250 Å². The van der Waals surface area contributed by atoms with Gasteiger partial charge in [0, 0.05) is 28.5 Å². The Bertz CT molecular complexity index is 1660. The number of ether oxygens (including phenoxy) is 3. The van der Waals surface area contributed by atoms with Crippen LogP contribution in [0.2, 0.25) is 0 Å². The molecule has 14 heteroatoms. The average molecular weight is 582 g/mol. The Balaban J connectivity index is 0.00000420. The number of nitrogens with zero attached hydrogens (tertiary/aromatic N) is 2. The van der Waals surface area contributed by atoms with Gasteiger partial charge in [0.1, 0.15) is 32.6 Å². The van der Waals surface area contributed by atoms with E-state index in [-0.39, 0.29) is 73.5 Å². The zero-order valence-corrected chi connectivity index (χ0v) is 25.8.